The van der Waals surface area contributed by atoms with E-state index in [2.05, 4.69) is 10.2 Å². The van der Waals surface area contributed by atoms with E-state index in [1.54, 1.807) is 13.8 Å². The maximum atomic E-state index is 13.0. The largest absolute Gasteiger partial charge is 0.407 e. The quantitative estimate of drug-likeness (QED) is 0.510. The molecule has 2 aromatic rings. The number of nitrogens with zero attached hydrogens (tertiary/aromatic N) is 1. The van der Waals surface area contributed by atoms with Crippen LogP contribution in [0, 0.1) is 12.0 Å². The molecule has 2 rings (SSSR count). The third-order valence-corrected chi connectivity index (χ3v) is 5.11. The van der Waals surface area contributed by atoms with Crippen LogP contribution in [0.1, 0.15) is 19.4 Å². The van der Waals surface area contributed by atoms with Gasteiger partial charge < -0.3 is 5.32 Å². The number of benzene rings is 2. The molecule has 0 aliphatic heterocycles. The van der Waals surface area contributed by atoms with E-state index in [0.717, 1.165) is 17.0 Å². The number of thioether (sulfide) groups is 1. The van der Waals surface area contributed by atoms with Gasteiger partial charge in [0.15, 0.2) is 5.69 Å². The van der Waals surface area contributed by atoms with Gasteiger partial charge in [-0.25, -0.2) is 4.85 Å². The van der Waals surface area contributed by atoms with E-state index >= 15 is 0 Å². The van der Waals surface area contributed by atoms with Crippen LogP contribution in [0.2, 0.25) is 0 Å². The Kier molecular flexibility index (Phi) is 5.98. The van der Waals surface area contributed by atoms with Crippen LogP contribution < -0.4 is 5.32 Å². The number of hydrogen-bond acceptors (Lipinski definition) is 2. The Hall–Kier alpha value is -2.46. The highest BCUT2D eigenvalue weighted by Gasteiger charge is 2.34. The molecule has 0 fully saturated rings. The fraction of sp³-hybridized carbons (Fsp3) is 0.263. The first-order valence-electron chi connectivity index (χ1n) is 7.71. The minimum absolute atomic E-state index is 0.0208. The molecule has 1 amide bonds. The van der Waals surface area contributed by atoms with E-state index in [9.17, 15) is 18.0 Å². The van der Waals surface area contributed by atoms with E-state index in [1.807, 2.05) is 30.3 Å². The lowest BCUT2D eigenvalue weighted by molar-refractivity contribution is -0.136. The molecule has 26 heavy (non-hydrogen) atoms. The fourth-order valence-electron chi connectivity index (χ4n) is 2.08. The lowest BCUT2D eigenvalue weighted by Crippen LogP contribution is -2.33. The lowest BCUT2D eigenvalue weighted by Gasteiger charge is -2.23. The first-order chi connectivity index (χ1) is 12.1. The predicted molar refractivity (Wildman–Crippen MR) is 97.3 cm³/mol. The van der Waals surface area contributed by atoms with Gasteiger partial charge in [-0.2, -0.15) is 13.2 Å². The smallest absolute Gasteiger partial charge is 0.326 e. The number of anilines is 1. The highest BCUT2D eigenvalue weighted by atomic mass is 32.2. The molecule has 0 unspecified atom stereocenters. The van der Waals surface area contributed by atoms with Gasteiger partial charge in [-0.05, 0) is 24.3 Å². The van der Waals surface area contributed by atoms with Gasteiger partial charge in [-0.15, -0.1) is 11.8 Å². The van der Waals surface area contributed by atoms with Crippen LogP contribution in [0.4, 0.5) is 24.5 Å². The molecule has 0 aromatic heterocycles. The molecule has 0 aliphatic rings. The van der Waals surface area contributed by atoms with Crippen molar-refractivity contribution in [3.05, 3.63) is 65.5 Å². The van der Waals surface area contributed by atoms with E-state index < -0.39 is 22.8 Å². The molecule has 136 valence electrons. The monoisotopic (exact) mass is 378 g/mol. The number of amides is 1. The van der Waals surface area contributed by atoms with Crippen LogP contribution in [0.25, 0.3) is 4.85 Å². The molecule has 0 spiro atoms. The number of carbonyl (C=O) groups is 1. The van der Waals surface area contributed by atoms with Crippen molar-refractivity contribution in [1.82, 2.24) is 0 Å². The van der Waals surface area contributed by atoms with Crippen molar-refractivity contribution in [2.24, 2.45) is 5.41 Å². The fourth-order valence-corrected chi connectivity index (χ4v) is 3.09. The SMILES string of the molecule is [C-]#[N+]c1ccc(NC(=O)C(C)(C)CSc2ccccc2)cc1C(F)(F)F. The van der Waals surface area contributed by atoms with Gasteiger partial charge in [0.2, 0.25) is 5.91 Å². The van der Waals surface area contributed by atoms with Crippen molar-refractivity contribution in [1.29, 1.82) is 0 Å². The zero-order chi connectivity index (χ0) is 19.4. The molecular weight excluding hydrogens is 361 g/mol. The van der Waals surface area contributed by atoms with Crippen molar-refractivity contribution in [2.45, 2.75) is 24.9 Å². The van der Waals surface area contributed by atoms with Gasteiger partial charge in [-0.1, -0.05) is 38.1 Å². The van der Waals surface area contributed by atoms with E-state index in [0.29, 0.717) is 5.75 Å². The summed E-state index contributed by atoms with van der Waals surface area (Å²) in [5, 5.41) is 2.53. The average molecular weight is 378 g/mol. The van der Waals surface area contributed by atoms with E-state index in [-0.39, 0.29) is 11.6 Å². The van der Waals surface area contributed by atoms with Crippen molar-refractivity contribution in [2.75, 3.05) is 11.1 Å². The summed E-state index contributed by atoms with van der Waals surface area (Å²) in [6.45, 7) is 10.3. The maximum Gasteiger partial charge on any atom is 0.407 e. The summed E-state index contributed by atoms with van der Waals surface area (Å²) in [5.74, 6) is 0.0828. The normalized spacial score (nSPS) is 11.7. The maximum absolute atomic E-state index is 13.0. The highest BCUT2D eigenvalue weighted by molar-refractivity contribution is 7.99. The third-order valence-electron chi connectivity index (χ3n) is 3.64. The number of hydrogen-bond donors (Lipinski definition) is 1. The number of carbonyl (C=O) groups excluding carboxylic acids is 1. The molecule has 0 atom stereocenters. The number of rotatable bonds is 5. The minimum atomic E-state index is -4.65. The van der Waals surface area contributed by atoms with Gasteiger partial charge in [-0.3, -0.25) is 4.79 Å². The molecule has 0 aliphatic carbocycles. The second-order valence-corrected chi connectivity index (χ2v) is 7.33. The molecule has 7 heteroatoms. The Labute approximate surface area is 154 Å². The Morgan fingerprint density at radius 2 is 1.81 bits per heavy atom. The number of alkyl halides is 3. The first kappa shape index (κ1) is 19.9. The van der Waals surface area contributed by atoms with Crippen molar-refractivity contribution in [3.63, 3.8) is 0 Å². The molecule has 2 aromatic carbocycles. The van der Waals surface area contributed by atoms with Crippen molar-refractivity contribution >= 4 is 29.0 Å². The molecule has 0 heterocycles. The summed E-state index contributed by atoms with van der Waals surface area (Å²) in [4.78, 5) is 16.4. The number of nitrogens with one attached hydrogen (secondary N) is 1. The summed E-state index contributed by atoms with van der Waals surface area (Å²) in [6.07, 6.45) is -4.65. The van der Waals surface area contributed by atoms with Crippen LogP contribution >= 0.6 is 11.8 Å². The molecule has 0 saturated heterocycles. The van der Waals surface area contributed by atoms with Crippen LogP contribution in [0.15, 0.2) is 53.4 Å². The van der Waals surface area contributed by atoms with Gasteiger partial charge >= 0.3 is 6.18 Å². The molecular formula is C19H17F3N2OS. The summed E-state index contributed by atoms with van der Waals surface area (Å²) < 4.78 is 39.1. The van der Waals surface area contributed by atoms with Crippen molar-refractivity contribution < 1.29 is 18.0 Å². The molecule has 0 saturated carbocycles. The standard InChI is InChI=1S/C19H17F3N2OS/c1-18(2,12-26-14-7-5-4-6-8-14)17(25)24-13-9-10-16(23-3)15(11-13)19(20,21)22/h4-11H,12H2,1-2H3,(H,24,25). The lowest BCUT2D eigenvalue weighted by atomic mass is 9.95. The zero-order valence-electron chi connectivity index (χ0n) is 14.2. The summed E-state index contributed by atoms with van der Waals surface area (Å²) >= 11 is 1.50. The zero-order valence-corrected chi connectivity index (χ0v) is 15.0. The predicted octanol–water partition coefficient (Wildman–Crippen LogP) is 6.01. The van der Waals surface area contributed by atoms with Gasteiger partial charge in [0, 0.05) is 16.3 Å². The number of halogens is 3. The minimum Gasteiger partial charge on any atom is -0.326 e. The summed E-state index contributed by atoms with van der Waals surface area (Å²) in [5.41, 5.74) is -2.32. The Morgan fingerprint density at radius 3 is 2.38 bits per heavy atom. The van der Waals surface area contributed by atoms with E-state index in [4.69, 9.17) is 6.57 Å². The van der Waals surface area contributed by atoms with Crippen LogP contribution in [-0.2, 0) is 11.0 Å². The topological polar surface area (TPSA) is 33.5 Å². The average Bonchev–Trinajstić information content (AvgIpc) is 2.60. The third kappa shape index (κ3) is 5.02. The second-order valence-electron chi connectivity index (χ2n) is 6.28. The van der Waals surface area contributed by atoms with E-state index in [1.165, 1.54) is 17.8 Å². The first-order valence-corrected chi connectivity index (χ1v) is 8.70. The molecule has 1 N–H and O–H groups in total. The molecule has 3 nitrogen and oxygen atoms in total. The highest BCUT2D eigenvalue weighted by Crippen LogP contribution is 2.38. The Bertz CT molecular complexity index is 827. The van der Waals surface area contributed by atoms with Gasteiger partial charge in [0.25, 0.3) is 0 Å². The van der Waals surface area contributed by atoms with Gasteiger partial charge in [0.1, 0.15) is 0 Å². The Morgan fingerprint density at radius 1 is 1.15 bits per heavy atom. The van der Waals surface area contributed by atoms with Crippen LogP contribution in [0.5, 0.6) is 0 Å². The summed E-state index contributed by atoms with van der Waals surface area (Å²) in [6, 6.07) is 12.7. The Balaban J connectivity index is 2.12. The van der Waals surface area contributed by atoms with Crippen molar-refractivity contribution in [3.8, 4) is 0 Å². The molecule has 0 bridgehead atoms. The van der Waals surface area contributed by atoms with Crippen LogP contribution in [0.3, 0.4) is 0 Å². The summed E-state index contributed by atoms with van der Waals surface area (Å²) in [7, 11) is 0. The molecule has 0 radical (unpaired) electrons. The second kappa shape index (κ2) is 7.83. The van der Waals surface area contributed by atoms with Gasteiger partial charge in [0.05, 0.1) is 17.6 Å². The van der Waals surface area contributed by atoms with Crippen LogP contribution in [-0.4, -0.2) is 11.7 Å².